The average Bonchev–Trinajstić information content (AvgIpc) is 2.55. The van der Waals surface area contributed by atoms with Gasteiger partial charge in [-0.1, -0.05) is 32.9 Å². The minimum Gasteiger partial charge on any atom is -0.457 e. The molecule has 1 aliphatic rings. The second-order valence-corrected chi connectivity index (χ2v) is 7.70. The highest BCUT2D eigenvalue weighted by atomic mass is 19.1. The van der Waals surface area contributed by atoms with E-state index in [1.165, 1.54) is 17.7 Å². The Bertz CT molecular complexity index is 726. The van der Waals surface area contributed by atoms with Crippen molar-refractivity contribution in [3.05, 3.63) is 59.4 Å². The molecule has 3 nitrogen and oxygen atoms in total. The van der Waals surface area contributed by atoms with Gasteiger partial charge in [0.15, 0.2) is 0 Å². The average molecular weight is 344 g/mol. The number of halogens is 1. The normalized spacial score (nSPS) is 17.3. The van der Waals surface area contributed by atoms with Crippen molar-refractivity contribution < 1.29 is 19.0 Å². The van der Waals surface area contributed by atoms with Gasteiger partial charge >= 0.3 is 0 Å². The first kappa shape index (κ1) is 17.9. The van der Waals surface area contributed by atoms with E-state index in [2.05, 4.69) is 20.8 Å². The van der Waals surface area contributed by atoms with Crippen LogP contribution in [0, 0.1) is 5.82 Å². The molecule has 0 spiro atoms. The largest absolute Gasteiger partial charge is 0.457 e. The zero-order valence-corrected chi connectivity index (χ0v) is 15.0. The lowest BCUT2D eigenvalue weighted by molar-refractivity contribution is -0.0681. The molecule has 4 heteroatoms. The van der Waals surface area contributed by atoms with E-state index in [0.717, 1.165) is 0 Å². The number of hydrogen-bond donors (Lipinski definition) is 1. The molecule has 0 unspecified atom stereocenters. The van der Waals surface area contributed by atoms with E-state index in [0.29, 0.717) is 43.1 Å². The minimum absolute atomic E-state index is 0.0663. The van der Waals surface area contributed by atoms with Crippen LogP contribution < -0.4 is 4.74 Å². The van der Waals surface area contributed by atoms with Gasteiger partial charge in [0.05, 0.1) is 5.60 Å². The van der Waals surface area contributed by atoms with E-state index in [1.54, 1.807) is 6.07 Å². The van der Waals surface area contributed by atoms with Crippen molar-refractivity contribution in [1.82, 2.24) is 0 Å². The van der Waals surface area contributed by atoms with Crippen LogP contribution >= 0.6 is 0 Å². The molecule has 0 radical (unpaired) electrons. The third-order valence-corrected chi connectivity index (χ3v) is 4.68. The molecule has 25 heavy (non-hydrogen) atoms. The standard InChI is InChI=1S/C21H25FO3/c1-20(2,3)15-4-6-18(7-5-15)25-19-13-16(12-17(22)14-19)21(23)8-10-24-11-9-21/h4-7,12-14,23H,8-11H2,1-3H3. The Kier molecular flexibility index (Phi) is 4.85. The SMILES string of the molecule is CC(C)(C)c1ccc(Oc2cc(F)cc(C3(O)CCOCC3)c2)cc1. The van der Waals surface area contributed by atoms with Crippen LogP contribution in [0.2, 0.25) is 0 Å². The van der Waals surface area contributed by atoms with E-state index in [4.69, 9.17) is 9.47 Å². The van der Waals surface area contributed by atoms with Gasteiger partial charge in [0.1, 0.15) is 17.3 Å². The van der Waals surface area contributed by atoms with Crippen LogP contribution in [-0.4, -0.2) is 18.3 Å². The van der Waals surface area contributed by atoms with E-state index >= 15 is 0 Å². The van der Waals surface area contributed by atoms with Gasteiger partial charge in [0.2, 0.25) is 0 Å². The molecule has 1 heterocycles. The van der Waals surface area contributed by atoms with Gasteiger partial charge in [0.25, 0.3) is 0 Å². The van der Waals surface area contributed by atoms with Gasteiger partial charge in [-0.05, 0) is 40.8 Å². The summed E-state index contributed by atoms with van der Waals surface area (Å²) in [5, 5.41) is 10.8. The van der Waals surface area contributed by atoms with E-state index in [1.807, 2.05) is 24.3 Å². The molecular formula is C21H25FO3. The van der Waals surface area contributed by atoms with Crippen molar-refractivity contribution >= 4 is 0 Å². The maximum absolute atomic E-state index is 14.1. The maximum atomic E-state index is 14.1. The van der Waals surface area contributed by atoms with Crippen molar-refractivity contribution in [2.24, 2.45) is 0 Å². The molecule has 0 aliphatic carbocycles. The smallest absolute Gasteiger partial charge is 0.130 e. The summed E-state index contributed by atoms with van der Waals surface area (Å²) in [6, 6.07) is 12.2. The molecule has 0 amide bonds. The molecule has 1 aliphatic heterocycles. The predicted molar refractivity (Wildman–Crippen MR) is 95.6 cm³/mol. The van der Waals surface area contributed by atoms with E-state index < -0.39 is 11.4 Å². The number of hydrogen-bond acceptors (Lipinski definition) is 3. The predicted octanol–water partition coefficient (Wildman–Crippen LogP) is 4.91. The molecule has 3 rings (SSSR count). The quantitative estimate of drug-likeness (QED) is 0.859. The molecule has 0 bridgehead atoms. The van der Waals surface area contributed by atoms with E-state index in [-0.39, 0.29) is 5.41 Å². The molecule has 0 atom stereocenters. The first-order chi connectivity index (χ1) is 11.8. The second kappa shape index (κ2) is 6.77. The summed E-state index contributed by atoms with van der Waals surface area (Å²) in [6.45, 7) is 7.39. The Morgan fingerprint density at radius 1 is 1.00 bits per heavy atom. The summed E-state index contributed by atoms with van der Waals surface area (Å²) < 4.78 is 25.2. The summed E-state index contributed by atoms with van der Waals surface area (Å²) in [4.78, 5) is 0. The molecule has 134 valence electrons. The van der Waals surface area contributed by atoms with Crippen LogP contribution in [0.3, 0.4) is 0 Å². The number of ether oxygens (including phenoxy) is 2. The van der Waals surface area contributed by atoms with Gasteiger partial charge in [0, 0.05) is 32.1 Å². The topological polar surface area (TPSA) is 38.7 Å². The maximum Gasteiger partial charge on any atom is 0.130 e. The second-order valence-electron chi connectivity index (χ2n) is 7.70. The third-order valence-electron chi connectivity index (χ3n) is 4.68. The molecule has 0 saturated carbocycles. The molecule has 2 aromatic rings. The first-order valence-corrected chi connectivity index (χ1v) is 8.66. The van der Waals surface area contributed by atoms with Crippen LogP contribution in [0.25, 0.3) is 0 Å². The van der Waals surface area contributed by atoms with Crippen molar-refractivity contribution in [2.45, 2.75) is 44.6 Å². The summed E-state index contributed by atoms with van der Waals surface area (Å²) >= 11 is 0. The van der Waals surface area contributed by atoms with Crippen molar-refractivity contribution in [3.8, 4) is 11.5 Å². The fourth-order valence-electron chi connectivity index (χ4n) is 3.05. The molecule has 1 fully saturated rings. The summed E-state index contributed by atoms with van der Waals surface area (Å²) in [6.07, 6.45) is 0.909. The number of rotatable bonds is 3. The van der Waals surface area contributed by atoms with Crippen LogP contribution in [0.15, 0.2) is 42.5 Å². The zero-order chi connectivity index (χ0) is 18.1. The highest BCUT2D eigenvalue weighted by Crippen LogP contribution is 2.35. The van der Waals surface area contributed by atoms with E-state index in [9.17, 15) is 9.50 Å². The molecule has 2 aromatic carbocycles. The summed E-state index contributed by atoms with van der Waals surface area (Å²) in [7, 11) is 0. The zero-order valence-electron chi connectivity index (χ0n) is 15.0. The molecular weight excluding hydrogens is 319 g/mol. The highest BCUT2D eigenvalue weighted by molar-refractivity contribution is 5.38. The van der Waals surface area contributed by atoms with Crippen molar-refractivity contribution in [1.29, 1.82) is 0 Å². The number of benzene rings is 2. The fourth-order valence-corrected chi connectivity index (χ4v) is 3.05. The van der Waals surface area contributed by atoms with Crippen molar-refractivity contribution in [2.75, 3.05) is 13.2 Å². The lowest BCUT2D eigenvalue weighted by atomic mass is 9.86. The van der Waals surface area contributed by atoms with Crippen LogP contribution in [-0.2, 0) is 15.8 Å². The Hall–Kier alpha value is -1.91. The van der Waals surface area contributed by atoms with Gasteiger partial charge in [-0.3, -0.25) is 0 Å². The van der Waals surface area contributed by atoms with Crippen LogP contribution in [0.5, 0.6) is 11.5 Å². The first-order valence-electron chi connectivity index (χ1n) is 8.66. The molecule has 1 N–H and O–H groups in total. The van der Waals surface area contributed by atoms with Crippen LogP contribution in [0.1, 0.15) is 44.7 Å². The Morgan fingerprint density at radius 3 is 2.24 bits per heavy atom. The fraction of sp³-hybridized carbons (Fsp3) is 0.429. The molecule has 0 aromatic heterocycles. The molecule has 1 saturated heterocycles. The van der Waals surface area contributed by atoms with Gasteiger partial charge in [-0.15, -0.1) is 0 Å². The lowest BCUT2D eigenvalue weighted by Crippen LogP contribution is -2.33. The van der Waals surface area contributed by atoms with Gasteiger partial charge in [-0.2, -0.15) is 0 Å². The minimum atomic E-state index is -1.06. The Labute approximate surface area is 148 Å². The van der Waals surface area contributed by atoms with Crippen molar-refractivity contribution in [3.63, 3.8) is 0 Å². The van der Waals surface area contributed by atoms with Crippen LogP contribution in [0.4, 0.5) is 4.39 Å². The Morgan fingerprint density at radius 2 is 1.64 bits per heavy atom. The third kappa shape index (κ3) is 4.20. The van der Waals surface area contributed by atoms with Gasteiger partial charge < -0.3 is 14.6 Å². The summed E-state index contributed by atoms with van der Waals surface area (Å²) in [5.74, 6) is 0.612. The monoisotopic (exact) mass is 344 g/mol. The van der Waals surface area contributed by atoms with Gasteiger partial charge in [-0.25, -0.2) is 4.39 Å². The lowest BCUT2D eigenvalue weighted by Gasteiger charge is -2.32. The highest BCUT2D eigenvalue weighted by Gasteiger charge is 2.32. The number of aliphatic hydroxyl groups is 1. The Balaban J connectivity index is 1.83. The summed E-state index contributed by atoms with van der Waals surface area (Å²) in [5.41, 5.74) is 0.749.